The van der Waals surface area contributed by atoms with Crippen LogP contribution in [0.1, 0.15) is 11.1 Å². The predicted octanol–water partition coefficient (Wildman–Crippen LogP) is 3.34. The highest BCUT2D eigenvalue weighted by Crippen LogP contribution is 2.27. The molecule has 1 N–H and O–H groups in total. The molecule has 0 unspecified atom stereocenters. The summed E-state index contributed by atoms with van der Waals surface area (Å²) < 4.78 is 29.4. The molecule has 6 nitrogen and oxygen atoms in total. The Morgan fingerprint density at radius 1 is 1.08 bits per heavy atom. The van der Waals surface area contributed by atoms with E-state index in [1.54, 1.807) is 30.3 Å². The van der Waals surface area contributed by atoms with Gasteiger partial charge in [0.2, 0.25) is 0 Å². The van der Waals surface area contributed by atoms with Gasteiger partial charge in [-0.2, -0.15) is 5.10 Å². The zero-order valence-electron chi connectivity index (χ0n) is 13.1. The van der Waals surface area contributed by atoms with Crippen molar-refractivity contribution in [3.05, 3.63) is 65.2 Å². The van der Waals surface area contributed by atoms with Crippen molar-refractivity contribution in [1.29, 1.82) is 0 Å². The van der Waals surface area contributed by atoms with Crippen LogP contribution in [-0.4, -0.2) is 23.2 Å². The highest BCUT2D eigenvalue weighted by molar-refractivity contribution is 7.92. The van der Waals surface area contributed by atoms with Crippen molar-refractivity contribution in [3.8, 4) is 5.69 Å². The lowest BCUT2D eigenvalue weighted by Crippen LogP contribution is -2.15. The molecule has 0 saturated heterocycles. The second-order valence-corrected chi connectivity index (χ2v) is 7.47. The molecule has 3 rings (SSSR count). The first-order valence-electron chi connectivity index (χ1n) is 7.11. The number of halogens is 1. The van der Waals surface area contributed by atoms with Gasteiger partial charge in [0.05, 0.1) is 16.3 Å². The first-order chi connectivity index (χ1) is 11.4. The zero-order valence-corrected chi connectivity index (χ0v) is 14.6. The second kappa shape index (κ2) is 6.26. The second-order valence-electron chi connectivity index (χ2n) is 5.35. The van der Waals surface area contributed by atoms with Crippen LogP contribution in [0, 0.1) is 13.8 Å². The predicted molar refractivity (Wildman–Crippen MR) is 93.1 cm³/mol. The van der Waals surface area contributed by atoms with E-state index >= 15 is 0 Å². The lowest BCUT2D eigenvalue weighted by atomic mass is 10.1. The Labute approximate surface area is 145 Å². The highest BCUT2D eigenvalue weighted by atomic mass is 35.5. The van der Waals surface area contributed by atoms with Gasteiger partial charge in [0.1, 0.15) is 12.7 Å². The van der Waals surface area contributed by atoms with Crippen LogP contribution < -0.4 is 4.72 Å². The standard InChI is InChI=1S/C16H15ClN4O2S/c1-11-3-5-14(7-12(11)2)24(22,23)20-15-8-13(17)4-6-16(15)21-10-18-9-19-21/h3-10,20H,1-2H3. The van der Waals surface area contributed by atoms with E-state index in [-0.39, 0.29) is 4.90 Å². The highest BCUT2D eigenvalue weighted by Gasteiger charge is 2.18. The molecule has 124 valence electrons. The summed E-state index contributed by atoms with van der Waals surface area (Å²) in [5.74, 6) is 0. The van der Waals surface area contributed by atoms with Gasteiger partial charge in [-0.05, 0) is 55.3 Å². The van der Waals surface area contributed by atoms with Gasteiger partial charge in [-0.3, -0.25) is 4.72 Å². The molecular weight excluding hydrogens is 348 g/mol. The molecule has 0 spiro atoms. The van der Waals surface area contributed by atoms with E-state index in [0.717, 1.165) is 11.1 Å². The van der Waals surface area contributed by atoms with Crippen molar-refractivity contribution >= 4 is 27.3 Å². The Kier molecular flexibility index (Phi) is 4.29. The van der Waals surface area contributed by atoms with Gasteiger partial charge in [-0.1, -0.05) is 17.7 Å². The third-order valence-corrected chi connectivity index (χ3v) is 5.26. The molecule has 0 aliphatic carbocycles. The number of rotatable bonds is 4. The van der Waals surface area contributed by atoms with E-state index in [1.807, 2.05) is 13.8 Å². The third kappa shape index (κ3) is 3.27. The Bertz CT molecular complexity index is 985. The number of nitrogens with one attached hydrogen (secondary N) is 1. The Hall–Kier alpha value is -2.38. The van der Waals surface area contributed by atoms with E-state index in [2.05, 4.69) is 14.8 Å². The summed E-state index contributed by atoms with van der Waals surface area (Å²) in [7, 11) is -3.75. The fourth-order valence-corrected chi connectivity index (χ4v) is 3.53. The van der Waals surface area contributed by atoms with Gasteiger partial charge in [0.15, 0.2) is 0 Å². The zero-order chi connectivity index (χ0) is 17.3. The maximum atomic E-state index is 12.7. The monoisotopic (exact) mass is 362 g/mol. The summed E-state index contributed by atoms with van der Waals surface area (Å²) in [6, 6.07) is 9.86. The summed E-state index contributed by atoms with van der Waals surface area (Å²) in [4.78, 5) is 4.07. The third-order valence-electron chi connectivity index (χ3n) is 3.66. The van der Waals surface area contributed by atoms with Gasteiger partial charge in [-0.15, -0.1) is 0 Å². The number of aryl methyl sites for hydroxylation is 2. The number of nitrogens with zero attached hydrogens (tertiary/aromatic N) is 3. The number of anilines is 1. The molecule has 3 aromatic rings. The van der Waals surface area contributed by atoms with Crippen molar-refractivity contribution in [3.63, 3.8) is 0 Å². The summed E-state index contributed by atoms with van der Waals surface area (Å²) >= 11 is 6.02. The van der Waals surface area contributed by atoms with Crippen LogP contribution in [0.2, 0.25) is 5.02 Å². The molecule has 0 atom stereocenters. The van der Waals surface area contributed by atoms with Gasteiger partial charge in [0, 0.05) is 5.02 Å². The average molecular weight is 363 g/mol. The molecular formula is C16H15ClN4O2S. The van der Waals surface area contributed by atoms with Crippen LogP contribution in [0.15, 0.2) is 53.9 Å². The first kappa shape index (κ1) is 16.5. The van der Waals surface area contributed by atoms with Gasteiger partial charge < -0.3 is 0 Å². The van der Waals surface area contributed by atoms with Gasteiger partial charge in [-0.25, -0.2) is 18.1 Å². The summed E-state index contributed by atoms with van der Waals surface area (Å²) in [6.45, 7) is 3.80. The smallest absolute Gasteiger partial charge is 0.261 e. The van der Waals surface area contributed by atoms with Crippen molar-refractivity contribution in [2.75, 3.05) is 4.72 Å². The lowest BCUT2D eigenvalue weighted by molar-refractivity contribution is 0.601. The minimum Gasteiger partial charge on any atom is -0.277 e. The van der Waals surface area contributed by atoms with Crippen LogP contribution in [0.5, 0.6) is 0 Å². The van der Waals surface area contributed by atoms with Crippen LogP contribution in [-0.2, 0) is 10.0 Å². The fourth-order valence-electron chi connectivity index (χ4n) is 2.21. The summed E-state index contributed by atoms with van der Waals surface area (Å²) in [5.41, 5.74) is 2.79. The van der Waals surface area contributed by atoms with Crippen molar-refractivity contribution in [1.82, 2.24) is 14.8 Å². The maximum Gasteiger partial charge on any atom is 0.261 e. The normalized spacial score (nSPS) is 11.5. The van der Waals surface area contributed by atoms with Gasteiger partial charge >= 0.3 is 0 Å². The quantitative estimate of drug-likeness (QED) is 0.772. The lowest BCUT2D eigenvalue weighted by Gasteiger charge is -2.13. The Balaban J connectivity index is 2.04. The van der Waals surface area contributed by atoms with E-state index in [9.17, 15) is 8.42 Å². The Morgan fingerprint density at radius 2 is 1.88 bits per heavy atom. The minimum atomic E-state index is -3.75. The summed E-state index contributed by atoms with van der Waals surface area (Å²) in [6.07, 6.45) is 2.85. The number of aromatic nitrogens is 3. The molecule has 2 aromatic carbocycles. The molecule has 0 fully saturated rings. The van der Waals surface area contributed by atoms with Gasteiger partial charge in [0.25, 0.3) is 10.0 Å². The van der Waals surface area contributed by atoms with Crippen LogP contribution >= 0.6 is 11.6 Å². The molecule has 1 heterocycles. The molecule has 1 aromatic heterocycles. The Morgan fingerprint density at radius 3 is 2.54 bits per heavy atom. The first-order valence-corrected chi connectivity index (χ1v) is 8.97. The van der Waals surface area contributed by atoms with Crippen molar-refractivity contribution in [2.24, 2.45) is 0 Å². The molecule has 24 heavy (non-hydrogen) atoms. The molecule has 0 bridgehead atoms. The average Bonchev–Trinajstić information content (AvgIpc) is 3.03. The van der Waals surface area contributed by atoms with Crippen LogP contribution in [0.3, 0.4) is 0 Å². The van der Waals surface area contributed by atoms with Crippen LogP contribution in [0.25, 0.3) is 5.69 Å². The van der Waals surface area contributed by atoms with E-state index < -0.39 is 10.0 Å². The number of hydrogen-bond acceptors (Lipinski definition) is 4. The fraction of sp³-hybridized carbons (Fsp3) is 0.125. The SMILES string of the molecule is Cc1ccc(S(=O)(=O)Nc2cc(Cl)ccc2-n2cncn2)cc1C. The largest absolute Gasteiger partial charge is 0.277 e. The maximum absolute atomic E-state index is 12.7. The number of benzene rings is 2. The van der Waals surface area contributed by atoms with E-state index in [4.69, 9.17) is 11.6 Å². The van der Waals surface area contributed by atoms with E-state index in [1.165, 1.54) is 23.4 Å². The number of sulfonamides is 1. The van der Waals surface area contributed by atoms with E-state index in [0.29, 0.717) is 16.4 Å². The molecule has 0 saturated carbocycles. The molecule has 0 aliphatic heterocycles. The molecule has 0 aliphatic rings. The number of hydrogen-bond donors (Lipinski definition) is 1. The van der Waals surface area contributed by atoms with Crippen molar-refractivity contribution < 1.29 is 8.42 Å². The minimum absolute atomic E-state index is 0.190. The molecule has 0 amide bonds. The van der Waals surface area contributed by atoms with Crippen molar-refractivity contribution in [2.45, 2.75) is 18.7 Å². The van der Waals surface area contributed by atoms with Crippen LogP contribution in [0.4, 0.5) is 5.69 Å². The summed E-state index contributed by atoms with van der Waals surface area (Å²) in [5, 5.41) is 4.45. The molecule has 8 heteroatoms. The molecule has 0 radical (unpaired) electrons. The topological polar surface area (TPSA) is 76.9 Å².